The van der Waals surface area contributed by atoms with Crippen LogP contribution in [0.4, 0.5) is 5.69 Å². The third-order valence-corrected chi connectivity index (χ3v) is 4.27. The first-order chi connectivity index (χ1) is 11.8. The smallest absolute Gasteiger partial charge is 0.182 e. The van der Waals surface area contributed by atoms with Gasteiger partial charge in [-0.1, -0.05) is 6.07 Å². The van der Waals surface area contributed by atoms with Gasteiger partial charge in [-0.05, 0) is 37.1 Å². The molecule has 0 radical (unpaired) electrons. The summed E-state index contributed by atoms with van der Waals surface area (Å²) in [6, 6.07) is 12.8. The average Bonchev–Trinajstić information content (AvgIpc) is 3.16. The van der Waals surface area contributed by atoms with Gasteiger partial charge in [-0.25, -0.2) is 0 Å². The van der Waals surface area contributed by atoms with Crippen molar-refractivity contribution in [2.75, 3.05) is 18.0 Å². The lowest BCUT2D eigenvalue weighted by molar-refractivity contribution is 0.949. The maximum Gasteiger partial charge on any atom is 0.182 e. The molecule has 0 atom stereocenters. The number of aromatic amines is 1. The van der Waals surface area contributed by atoms with Crippen molar-refractivity contribution >= 4 is 5.69 Å². The Balaban J connectivity index is 1.83. The molecule has 3 aromatic heterocycles. The van der Waals surface area contributed by atoms with Gasteiger partial charge in [0, 0.05) is 37.6 Å². The highest BCUT2D eigenvalue weighted by molar-refractivity contribution is 5.74. The maximum absolute atomic E-state index is 12.2. The molecule has 0 unspecified atom stereocenters. The van der Waals surface area contributed by atoms with E-state index in [-0.39, 0.29) is 5.43 Å². The monoisotopic (exact) mass is 318 g/mol. The van der Waals surface area contributed by atoms with Crippen LogP contribution in [-0.4, -0.2) is 28.0 Å². The highest BCUT2D eigenvalue weighted by Gasteiger charge is 2.18. The summed E-state index contributed by atoms with van der Waals surface area (Å²) < 4.78 is 0. The molecule has 1 N–H and O–H groups in total. The topological polar surface area (TPSA) is 61.9 Å². The van der Waals surface area contributed by atoms with Crippen LogP contribution >= 0.6 is 0 Å². The van der Waals surface area contributed by atoms with Crippen molar-refractivity contribution in [3.63, 3.8) is 0 Å². The van der Waals surface area contributed by atoms with Crippen LogP contribution in [-0.2, 0) is 0 Å². The number of anilines is 1. The van der Waals surface area contributed by atoms with Gasteiger partial charge in [0.25, 0.3) is 0 Å². The summed E-state index contributed by atoms with van der Waals surface area (Å²) in [4.78, 5) is 26.7. The van der Waals surface area contributed by atoms with Crippen LogP contribution < -0.4 is 10.3 Å². The van der Waals surface area contributed by atoms with E-state index < -0.39 is 0 Å². The second kappa shape index (κ2) is 6.28. The zero-order valence-electron chi connectivity index (χ0n) is 13.3. The minimum atomic E-state index is -0.0533. The molecule has 0 saturated carbocycles. The number of H-pyrrole nitrogens is 1. The Morgan fingerprint density at radius 1 is 0.917 bits per heavy atom. The molecule has 0 amide bonds. The number of hydrogen-bond acceptors (Lipinski definition) is 4. The quantitative estimate of drug-likeness (QED) is 0.806. The van der Waals surface area contributed by atoms with Crippen molar-refractivity contribution in [1.82, 2.24) is 15.0 Å². The molecule has 1 fully saturated rings. The van der Waals surface area contributed by atoms with Gasteiger partial charge in [-0.2, -0.15) is 0 Å². The summed E-state index contributed by atoms with van der Waals surface area (Å²) in [6.45, 7) is 2.06. The van der Waals surface area contributed by atoms with Crippen molar-refractivity contribution in [3.8, 4) is 22.8 Å². The van der Waals surface area contributed by atoms with Crippen LogP contribution in [0.2, 0.25) is 0 Å². The fourth-order valence-electron chi connectivity index (χ4n) is 3.15. The third-order valence-electron chi connectivity index (χ3n) is 4.27. The molecule has 120 valence electrons. The Kier molecular flexibility index (Phi) is 3.83. The van der Waals surface area contributed by atoms with E-state index in [2.05, 4.69) is 25.9 Å². The first-order valence-corrected chi connectivity index (χ1v) is 8.17. The SMILES string of the molecule is O=c1cc(-c2ccccn2)[nH]c(-c2ncccc2N2CCCC2)c1. The number of pyridine rings is 3. The Morgan fingerprint density at radius 3 is 2.50 bits per heavy atom. The van der Waals surface area contributed by atoms with Gasteiger partial charge < -0.3 is 9.88 Å². The van der Waals surface area contributed by atoms with Crippen molar-refractivity contribution in [2.24, 2.45) is 0 Å². The fraction of sp³-hybridized carbons (Fsp3) is 0.211. The van der Waals surface area contributed by atoms with E-state index in [1.165, 1.54) is 12.8 Å². The summed E-state index contributed by atoms with van der Waals surface area (Å²) in [5, 5.41) is 0. The second-order valence-electron chi connectivity index (χ2n) is 5.92. The molecular formula is C19H18N4O. The number of aromatic nitrogens is 3. The maximum atomic E-state index is 12.2. The molecular weight excluding hydrogens is 300 g/mol. The van der Waals surface area contributed by atoms with Crippen LogP contribution in [0.3, 0.4) is 0 Å². The van der Waals surface area contributed by atoms with Crippen LogP contribution in [0.5, 0.6) is 0 Å². The third kappa shape index (κ3) is 2.80. The number of nitrogens with one attached hydrogen (secondary N) is 1. The highest BCUT2D eigenvalue weighted by atomic mass is 16.1. The Hall–Kier alpha value is -2.95. The van der Waals surface area contributed by atoms with Crippen molar-refractivity contribution in [3.05, 3.63) is 65.1 Å². The van der Waals surface area contributed by atoms with Crippen molar-refractivity contribution in [2.45, 2.75) is 12.8 Å². The van der Waals surface area contributed by atoms with Crippen molar-refractivity contribution < 1.29 is 0 Å². The molecule has 0 bridgehead atoms. The molecule has 4 heterocycles. The first-order valence-electron chi connectivity index (χ1n) is 8.17. The lowest BCUT2D eigenvalue weighted by Gasteiger charge is -2.20. The standard InChI is InChI=1S/C19H18N4O/c24-14-12-16(15-6-1-2-8-20-15)22-17(13-14)19-18(7-5-9-21-19)23-10-3-4-11-23/h1-2,5-9,12-13H,3-4,10-11H2,(H,22,24). The molecule has 0 aromatic carbocycles. The van der Waals surface area contributed by atoms with Gasteiger partial charge in [0.2, 0.25) is 0 Å². The van der Waals surface area contributed by atoms with E-state index in [9.17, 15) is 4.79 Å². The second-order valence-corrected chi connectivity index (χ2v) is 5.92. The van der Waals surface area contributed by atoms with E-state index in [0.29, 0.717) is 5.69 Å². The minimum absolute atomic E-state index is 0.0533. The van der Waals surface area contributed by atoms with E-state index in [1.807, 2.05) is 24.3 Å². The molecule has 1 aliphatic heterocycles. The van der Waals surface area contributed by atoms with E-state index in [1.54, 1.807) is 24.5 Å². The minimum Gasteiger partial charge on any atom is -0.370 e. The highest BCUT2D eigenvalue weighted by Crippen LogP contribution is 2.30. The zero-order valence-corrected chi connectivity index (χ0v) is 13.3. The molecule has 0 aliphatic carbocycles. The lowest BCUT2D eigenvalue weighted by Crippen LogP contribution is -2.19. The normalized spacial score (nSPS) is 14.1. The van der Waals surface area contributed by atoms with Crippen LogP contribution in [0, 0.1) is 0 Å². The molecule has 5 heteroatoms. The lowest BCUT2D eigenvalue weighted by atomic mass is 10.1. The largest absolute Gasteiger partial charge is 0.370 e. The van der Waals surface area contributed by atoms with Crippen molar-refractivity contribution in [1.29, 1.82) is 0 Å². The van der Waals surface area contributed by atoms with Gasteiger partial charge in [0.1, 0.15) is 5.69 Å². The molecule has 1 aliphatic rings. The number of rotatable bonds is 3. The molecule has 3 aromatic rings. The van der Waals surface area contributed by atoms with Gasteiger partial charge in [0.15, 0.2) is 5.43 Å². The number of hydrogen-bond donors (Lipinski definition) is 1. The predicted octanol–water partition coefficient (Wildman–Crippen LogP) is 3.10. The summed E-state index contributed by atoms with van der Waals surface area (Å²) in [7, 11) is 0. The van der Waals surface area contributed by atoms with Crippen LogP contribution in [0.15, 0.2) is 59.7 Å². The molecule has 4 rings (SSSR count). The Labute approximate surface area is 140 Å². The first kappa shape index (κ1) is 14.6. The van der Waals surface area contributed by atoms with E-state index >= 15 is 0 Å². The van der Waals surface area contributed by atoms with Gasteiger partial charge in [-0.3, -0.25) is 14.8 Å². The zero-order chi connectivity index (χ0) is 16.4. The molecule has 1 saturated heterocycles. The van der Waals surface area contributed by atoms with Crippen LogP contribution in [0.25, 0.3) is 22.8 Å². The van der Waals surface area contributed by atoms with Gasteiger partial charge >= 0.3 is 0 Å². The predicted molar refractivity (Wildman–Crippen MR) is 95.0 cm³/mol. The van der Waals surface area contributed by atoms with E-state index in [4.69, 9.17) is 0 Å². The summed E-state index contributed by atoms with van der Waals surface area (Å²) in [6.07, 6.45) is 5.87. The van der Waals surface area contributed by atoms with Gasteiger partial charge in [0.05, 0.1) is 22.8 Å². The molecule has 5 nitrogen and oxygen atoms in total. The fourth-order valence-corrected chi connectivity index (χ4v) is 3.15. The number of nitrogens with zero attached hydrogens (tertiary/aromatic N) is 3. The molecule has 24 heavy (non-hydrogen) atoms. The Morgan fingerprint density at radius 2 is 1.71 bits per heavy atom. The van der Waals surface area contributed by atoms with Gasteiger partial charge in [-0.15, -0.1) is 0 Å². The molecule has 0 spiro atoms. The van der Waals surface area contributed by atoms with E-state index in [0.717, 1.165) is 35.9 Å². The summed E-state index contributed by atoms with van der Waals surface area (Å²) in [5.41, 5.74) is 4.01. The summed E-state index contributed by atoms with van der Waals surface area (Å²) in [5.74, 6) is 0. The van der Waals surface area contributed by atoms with Crippen LogP contribution in [0.1, 0.15) is 12.8 Å². The average molecular weight is 318 g/mol. The Bertz CT molecular complexity index is 898. The summed E-state index contributed by atoms with van der Waals surface area (Å²) >= 11 is 0.